The SMILES string of the molecule is CS(=O)(=O)S[C@@H]1O[C@H](COCc2ccccc2)[C@@H](OCc2ccccc2)[C@H](OCc2ccccc2)[C@H]1OCc1ccccc1. The van der Waals surface area contributed by atoms with Crippen LogP contribution in [0.2, 0.25) is 0 Å². The number of benzene rings is 4. The zero-order valence-electron chi connectivity index (χ0n) is 24.6. The summed E-state index contributed by atoms with van der Waals surface area (Å²) in [6.45, 7) is 1.40. The summed E-state index contributed by atoms with van der Waals surface area (Å²) in [7, 11) is -2.78. The monoisotopic (exact) mass is 634 g/mol. The average Bonchev–Trinajstić information content (AvgIpc) is 3.04. The second kappa shape index (κ2) is 16.3. The largest absolute Gasteiger partial charge is 0.374 e. The highest BCUT2D eigenvalue weighted by Gasteiger charge is 2.49. The number of ether oxygens (including phenoxy) is 5. The van der Waals surface area contributed by atoms with E-state index in [0.717, 1.165) is 33.0 Å². The first-order valence-corrected chi connectivity index (χ1v) is 17.9. The molecule has 1 aliphatic heterocycles. The van der Waals surface area contributed by atoms with Crippen molar-refractivity contribution >= 4 is 19.7 Å². The first-order valence-electron chi connectivity index (χ1n) is 14.6. The third-order valence-electron chi connectivity index (χ3n) is 7.11. The van der Waals surface area contributed by atoms with E-state index in [1.54, 1.807) is 0 Å². The lowest BCUT2D eigenvalue weighted by molar-refractivity contribution is -0.254. The maximum Gasteiger partial charge on any atom is 0.201 e. The Hall–Kier alpha value is -3.02. The van der Waals surface area contributed by atoms with Crippen LogP contribution in [0.25, 0.3) is 0 Å². The molecule has 1 saturated heterocycles. The molecular formula is C35H38O7S2. The molecule has 1 heterocycles. The van der Waals surface area contributed by atoms with E-state index in [2.05, 4.69) is 0 Å². The van der Waals surface area contributed by atoms with Crippen molar-refractivity contribution in [2.75, 3.05) is 12.9 Å². The molecule has 4 aromatic rings. The molecule has 0 bridgehead atoms. The summed E-state index contributed by atoms with van der Waals surface area (Å²) < 4.78 is 57.6. The van der Waals surface area contributed by atoms with Gasteiger partial charge in [0.15, 0.2) is 0 Å². The fraction of sp³-hybridized carbons (Fsp3) is 0.314. The number of hydrogen-bond donors (Lipinski definition) is 0. The Labute approximate surface area is 263 Å². The van der Waals surface area contributed by atoms with Gasteiger partial charge < -0.3 is 23.7 Å². The second-order valence-corrected chi connectivity index (χ2v) is 15.1. The molecule has 1 aliphatic rings. The van der Waals surface area contributed by atoms with Crippen LogP contribution in [-0.4, -0.2) is 51.1 Å². The highest BCUT2D eigenvalue weighted by Crippen LogP contribution is 2.37. The number of rotatable bonds is 15. The Morgan fingerprint density at radius 3 is 1.39 bits per heavy atom. The molecule has 5 rings (SSSR count). The van der Waals surface area contributed by atoms with Gasteiger partial charge in [0.1, 0.15) is 29.9 Å². The topological polar surface area (TPSA) is 80.3 Å². The minimum Gasteiger partial charge on any atom is -0.374 e. The Morgan fingerprint density at radius 1 is 0.568 bits per heavy atom. The van der Waals surface area contributed by atoms with Gasteiger partial charge in [0.2, 0.25) is 8.87 Å². The van der Waals surface area contributed by atoms with Crippen LogP contribution in [0.4, 0.5) is 0 Å². The molecule has 0 amide bonds. The van der Waals surface area contributed by atoms with Crippen molar-refractivity contribution in [2.24, 2.45) is 0 Å². The van der Waals surface area contributed by atoms with E-state index < -0.39 is 38.7 Å². The minimum atomic E-state index is -3.52. The molecule has 0 N–H and O–H groups in total. The Morgan fingerprint density at radius 2 is 0.955 bits per heavy atom. The van der Waals surface area contributed by atoms with E-state index >= 15 is 0 Å². The molecule has 0 unspecified atom stereocenters. The van der Waals surface area contributed by atoms with Crippen molar-refractivity contribution in [1.29, 1.82) is 0 Å². The smallest absolute Gasteiger partial charge is 0.201 e. The van der Waals surface area contributed by atoms with Crippen LogP contribution in [0.15, 0.2) is 121 Å². The molecule has 0 spiro atoms. The molecule has 44 heavy (non-hydrogen) atoms. The maximum atomic E-state index is 12.6. The van der Waals surface area contributed by atoms with Crippen molar-refractivity contribution in [1.82, 2.24) is 0 Å². The van der Waals surface area contributed by atoms with Crippen molar-refractivity contribution in [3.63, 3.8) is 0 Å². The first kappa shape index (κ1) is 32.4. The van der Waals surface area contributed by atoms with Gasteiger partial charge >= 0.3 is 0 Å². The lowest BCUT2D eigenvalue weighted by Crippen LogP contribution is -2.60. The van der Waals surface area contributed by atoms with E-state index in [9.17, 15) is 8.42 Å². The van der Waals surface area contributed by atoms with Gasteiger partial charge in [-0.05, 0) is 22.3 Å². The molecule has 0 aliphatic carbocycles. The summed E-state index contributed by atoms with van der Waals surface area (Å²) in [4.78, 5) is 0. The fourth-order valence-corrected chi connectivity index (χ4v) is 7.37. The van der Waals surface area contributed by atoms with E-state index in [1.165, 1.54) is 6.26 Å². The predicted molar refractivity (Wildman–Crippen MR) is 172 cm³/mol. The van der Waals surface area contributed by atoms with Crippen LogP contribution in [0, 0.1) is 0 Å². The van der Waals surface area contributed by atoms with Gasteiger partial charge in [-0.1, -0.05) is 121 Å². The standard InChI is InChI=1S/C35H38O7S2/c1-44(36,37)43-35-34(41-25-30-20-12-5-13-21-30)33(40-24-29-18-10-4-11-19-29)32(39-23-28-16-8-3-9-17-28)31(42-35)26-38-22-27-14-6-2-7-15-27/h2-21,31-35H,22-26H2,1H3/t31-,32-,33+,34-,35+/m1/s1. The summed E-state index contributed by atoms with van der Waals surface area (Å²) in [6.07, 6.45) is -1.50. The number of hydrogen-bond acceptors (Lipinski definition) is 8. The van der Waals surface area contributed by atoms with Crippen molar-refractivity contribution < 1.29 is 32.1 Å². The predicted octanol–water partition coefficient (Wildman–Crippen LogP) is 6.38. The Bertz CT molecular complexity index is 1490. The van der Waals surface area contributed by atoms with Crippen LogP contribution >= 0.6 is 10.8 Å². The maximum absolute atomic E-state index is 12.6. The van der Waals surface area contributed by atoms with Crippen LogP contribution in [0.3, 0.4) is 0 Å². The average molecular weight is 635 g/mol. The van der Waals surface area contributed by atoms with E-state index in [0.29, 0.717) is 13.2 Å². The van der Waals surface area contributed by atoms with Crippen LogP contribution in [0.5, 0.6) is 0 Å². The van der Waals surface area contributed by atoms with Gasteiger partial charge in [-0.25, -0.2) is 8.42 Å². The molecule has 4 aromatic carbocycles. The normalized spacial score (nSPS) is 22.1. The van der Waals surface area contributed by atoms with Crippen LogP contribution in [-0.2, 0) is 59.0 Å². The Balaban J connectivity index is 1.45. The van der Waals surface area contributed by atoms with Crippen molar-refractivity contribution in [3.8, 4) is 0 Å². The fourth-order valence-electron chi connectivity index (χ4n) is 5.00. The molecule has 9 heteroatoms. The van der Waals surface area contributed by atoms with Crippen LogP contribution < -0.4 is 0 Å². The third-order valence-corrected chi connectivity index (χ3v) is 9.65. The molecule has 232 valence electrons. The summed E-state index contributed by atoms with van der Waals surface area (Å²) >= 11 is 0. The molecule has 7 nitrogen and oxygen atoms in total. The third kappa shape index (κ3) is 10.0. The second-order valence-electron chi connectivity index (χ2n) is 10.6. The Kier molecular flexibility index (Phi) is 12.0. The lowest BCUT2D eigenvalue weighted by atomic mass is 9.98. The molecular weight excluding hydrogens is 597 g/mol. The minimum absolute atomic E-state index is 0.172. The van der Waals surface area contributed by atoms with E-state index in [-0.39, 0.29) is 19.8 Å². The molecule has 1 fully saturated rings. The van der Waals surface area contributed by atoms with E-state index in [4.69, 9.17) is 23.7 Å². The first-order chi connectivity index (χ1) is 21.4. The molecule has 0 aromatic heterocycles. The highest BCUT2D eigenvalue weighted by molar-refractivity contribution is 8.72. The van der Waals surface area contributed by atoms with Gasteiger partial charge in [-0.2, -0.15) is 0 Å². The quantitative estimate of drug-likeness (QED) is 0.140. The van der Waals surface area contributed by atoms with E-state index in [1.807, 2.05) is 121 Å². The zero-order chi connectivity index (χ0) is 30.6. The lowest BCUT2D eigenvalue weighted by Gasteiger charge is -2.45. The van der Waals surface area contributed by atoms with Gasteiger partial charge in [0.05, 0.1) is 33.0 Å². The van der Waals surface area contributed by atoms with Crippen molar-refractivity contribution in [2.45, 2.75) is 56.3 Å². The van der Waals surface area contributed by atoms with Gasteiger partial charge in [-0.15, -0.1) is 0 Å². The van der Waals surface area contributed by atoms with Gasteiger partial charge in [-0.3, -0.25) is 0 Å². The summed E-state index contributed by atoms with van der Waals surface area (Å²) in [5.41, 5.74) is 3.07. The van der Waals surface area contributed by atoms with Crippen LogP contribution in [0.1, 0.15) is 22.3 Å². The molecule has 0 saturated carbocycles. The van der Waals surface area contributed by atoms with Crippen molar-refractivity contribution in [3.05, 3.63) is 144 Å². The molecule has 5 atom stereocenters. The van der Waals surface area contributed by atoms with Gasteiger partial charge in [0.25, 0.3) is 0 Å². The zero-order valence-corrected chi connectivity index (χ0v) is 26.3. The summed E-state index contributed by atoms with van der Waals surface area (Å²) in [5, 5.41) is 0. The summed E-state index contributed by atoms with van der Waals surface area (Å²) in [6, 6.07) is 39.3. The van der Waals surface area contributed by atoms with Gasteiger partial charge in [0, 0.05) is 17.0 Å². The highest BCUT2D eigenvalue weighted by atomic mass is 33.1. The molecule has 0 radical (unpaired) electrons. The summed E-state index contributed by atoms with van der Waals surface area (Å²) in [5.74, 6) is 0.